The van der Waals surface area contributed by atoms with Crippen molar-refractivity contribution in [1.82, 2.24) is 15.1 Å². The minimum Gasteiger partial charge on any atom is -0.390 e. The van der Waals surface area contributed by atoms with Crippen molar-refractivity contribution in [2.45, 2.75) is 43.9 Å². The molecule has 0 aromatic heterocycles. The highest BCUT2D eigenvalue weighted by Gasteiger charge is 2.31. The van der Waals surface area contributed by atoms with Gasteiger partial charge in [0.15, 0.2) is 0 Å². The Labute approximate surface area is 122 Å². The van der Waals surface area contributed by atoms with Crippen LogP contribution >= 0.6 is 0 Å². The standard InChI is InChI=1S/C15H29N3O2/c19-15(12-17-6-8-20-9-7-17)11-16-13-3-5-18-4-1-2-14(18)10-13/h13-16,19H,1-12H2. The molecule has 5 heteroatoms. The fourth-order valence-electron chi connectivity index (χ4n) is 3.86. The maximum atomic E-state index is 10.2. The Hall–Kier alpha value is -0.200. The van der Waals surface area contributed by atoms with Crippen LogP contribution in [0.5, 0.6) is 0 Å². The summed E-state index contributed by atoms with van der Waals surface area (Å²) in [5, 5.41) is 13.8. The lowest BCUT2D eigenvalue weighted by molar-refractivity contribution is 0.0138. The van der Waals surface area contributed by atoms with Crippen molar-refractivity contribution >= 4 is 0 Å². The third-order valence-corrected chi connectivity index (χ3v) is 5.04. The summed E-state index contributed by atoms with van der Waals surface area (Å²) >= 11 is 0. The molecule has 3 saturated heterocycles. The Balaban J connectivity index is 1.34. The predicted molar refractivity (Wildman–Crippen MR) is 78.9 cm³/mol. The zero-order valence-corrected chi connectivity index (χ0v) is 12.5. The molecule has 0 radical (unpaired) electrons. The SMILES string of the molecule is OC(CNC1CCN2CCCC2C1)CN1CCOCC1. The van der Waals surface area contributed by atoms with E-state index >= 15 is 0 Å². The van der Waals surface area contributed by atoms with E-state index in [2.05, 4.69) is 15.1 Å². The highest BCUT2D eigenvalue weighted by atomic mass is 16.5. The van der Waals surface area contributed by atoms with Gasteiger partial charge in [0.2, 0.25) is 0 Å². The lowest BCUT2D eigenvalue weighted by Crippen LogP contribution is -2.49. The summed E-state index contributed by atoms with van der Waals surface area (Å²) < 4.78 is 5.33. The molecule has 5 nitrogen and oxygen atoms in total. The molecule has 3 unspecified atom stereocenters. The van der Waals surface area contributed by atoms with Gasteiger partial charge in [0.05, 0.1) is 19.3 Å². The van der Waals surface area contributed by atoms with Gasteiger partial charge in [0.1, 0.15) is 0 Å². The maximum Gasteiger partial charge on any atom is 0.0791 e. The van der Waals surface area contributed by atoms with Crippen LogP contribution in [-0.4, -0.2) is 85.6 Å². The van der Waals surface area contributed by atoms with Crippen molar-refractivity contribution in [2.75, 3.05) is 52.5 Å². The predicted octanol–water partition coefficient (Wildman–Crippen LogP) is -0.104. The van der Waals surface area contributed by atoms with E-state index in [0.29, 0.717) is 6.04 Å². The summed E-state index contributed by atoms with van der Waals surface area (Å²) in [6.07, 6.45) is 4.99. The van der Waals surface area contributed by atoms with E-state index in [1.807, 2.05) is 0 Å². The van der Waals surface area contributed by atoms with E-state index in [9.17, 15) is 5.11 Å². The van der Waals surface area contributed by atoms with Crippen LogP contribution in [0.1, 0.15) is 25.7 Å². The summed E-state index contributed by atoms with van der Waals surface area (Å²) in [5.74, 6) is 0. The number of hydrogen-bond acceptors (Lipinski definition) is 5. The monoisotopic (exact) mass is 283 g/mol. The number of β-amino-alcohol motifs (C(OH)–C–C–N with tert-alkyl or cyclic N) is 1. The first-order valence-electron chi connectivity index (χ1n) is 8.27. The smallest absolute Gasteiger partial charge is 0.0791 e. The zero-order valence-electron chi connectivity index (χ0n) is 12.5. The normalized spacial score (nSPS) is 34.0. The Morgan fingerprint density at radius 1 is 1.15 bits per heavy atom. The fraction of sp³-hybridized carbons (Fsp3) is 1.00. The molecule has 3 aliphatic rings. The number of fused-ring (bicyclic) bond motifs is 1. The molecule has 20 heavy (non-hydrogen) atoms. The molecule has 3 atom stereocenters. The van der Waals surface area contributed by atoms with Gasteiger partial charge >= 0.3 is 0 Å². The second-order valence-electron chi connectivity index (χ2n) is 6.53. The molecule has 2 N–H and O–H groups in total. The van der Waals surface area contributed by atoms with Gasteiger partial charge in [-0.25, -0.2) is 0 Å². The van der Waals surface area contributed by atoms with Gasteiger partial charge < -0.3 is 20.1 Å². The molecule has 0 aromatic carbocycles. The number of nitrogens with one attached hydrogen (secondary N) is 1. The van der Waals surface area contributed by atoms with Crippen molar-refractivity contribution in [3.8, 4) is 0 Å². The van der Waals surface area contributed by atoms with Gasteiger partial charge in [-0.3, -0.25) is 4.90 Å². The van der Waals surface area contributed by atoms with Crippen LogP contribution in [0.2, 0.25) is 0 Å². The fourth-order valence-corrected chi connectivity index (χ4v) is 3.86. The topological polar surface area (TPSA) is 48.0 Å². The van der Waals surface area contributed by atoms with Crippen LogP contribution in [0.3, 0.4) is 0 Å². The Morgan fingerprint density at radius 3 is 2.85 bits per heavy atom. The highest BCUT2D eigenvalue weighted by molar-refractivity contribution is 4.89. The maximum absolute atomic E-state index is 10.2. The van der Waals surface area contributed by atoms with E-state index in [1.165, 1.54) is 38.8 Å². The summed E-state index contributed by atoms with van der Waals surface area (Å²) in [5.41, 5.74) is 0. The molecule has 3 heterocycles. The highest BCUT2D eigenvalue weighted by Crippen LogP contribution is 2.26. The first-order chi connectivity index (χ1) is 9.81. The summed E-state index contributed by atoms with van der Waals surface area (Å²) in [6, 6.07) is 1.41. The van der Waals surface area contributed by atoms with E-state index < -0.39 is 0 Å². The van der Waals surface area contributed by atoms with Gasteiger partial charge in [-0.2, -0.15) is 0 Å². The molecule has 0 bridgehead atoms. The summed E-state index contributed by atoms with van der Waals surface area (Å²) in [7, 11) is 0. The van der Waals surface area contributed by atoms with Crippen molar-refractivity contribution in [2.24, 2.45) is 0 Å². The van der Waals surface area contributed by atoms with Crippen molar-refractivity contribution < 1.29 is 9.84 Å². The van der Waals surface area contributed by atoms with Crippen molar-refractivity contribution in [1.29, 1.82) is 0 Å². The summed E-state index contributed by atoms with van der Waals surface area (Å²) in [4.78, 5) is 4.94. The Bertz CT molecular complexity index is 297. The van der Waals surface area contributed by atoms with Crippen molar-refractivity contribution in [3.63, 3.8) is 0 Å². The number of aliphatic hydroxyl groups is 1. The van der Waals surface area contributed by atoms with E-state index in [1.54, 1.807) is 0 Å². The molecule has 0 aliphatic carbocycles. The minimum absolute atomic E-state index is 0.255. The number of aliphatic hydroxyl groups excluding tert-OH is 1. The lowest BCUT2D eigenvalue weighted by Gasteiger charge is -2.36. The van der Waals surface area contributed by atoms with E-state index in [4.69, 9.17) is 4.74 Å². The molecule has 3 aliphatic heterocycles. The number of piperidine rings is 1. The number of rotatable bonds is 5. The Kier molecular flexibility index (Phi) is 5.29. The third kappa shape index (κ3) is 3.92. The first-order valence-corrected chi connectivity index (χ1v) is 8.27. The second-order valence-corrected chi connectivity index (χ2v) is 6.53. The van der Waals surface area contributed by atoms with Gasteiger partial charge in [0, 0.05) is 38.3 Å². The van der Waals surface area contributed by atoms with Crippen LogP contribution in [0.15, 0.2) is 0 Å². The van der Waals surface area contributed by atoms with Crippen LogP contribution in [0.4, 0.5) is 0 Å². The number of hydrogen-bond donors (Lipinski definition) is 2. The van der Waals surface area contributed by atoms with Gasteiger partial charge in [-0.05, 0) is 38.8 Å². The van der Waals surface area contributed by atoms with Crippen LogP contribution in [0.25, 0.3) is 0 Å². The molecular formula is C15H29N3O2. The number of ether oxygens (including phenoxy) is 1. The molecular weight excluding hydrogens is 254 g/mol. The second kappa shape index (κ2) is 7.18. The lowest BCUT2D eigenvalue weighted by atomic mass is 9.97. The van der Waals surface area contributed by atoms with E-state index in [0.717, 1.165) is 45.4 Å². The molecule has 0 spiro atoms. The van der Waals surface area contributed by atoms with Gasteiger partial charge in [-0.1, -0.05) is 0 Å². The number of morpholine rings is 1. The average Bonchev–Trinajstić information content (AvgIpc) is 2.93. The first kappa shape index (κ1) is 14.7. The summed E-state index contributed by atoms with van der Waals surface area (Å²) in [6.45, 7) is 7.57. The van der Waals surface area contributed by atoms with Gasteiger partial charge in [0.25, 0.3) is 0 Å². The molecule has 0 saturated carbocycles. The quantitative estimate of drug-likeness (QED) is 0.738. The average molecular weight is 283 g/mol. The molecule has 0 aromatic rings. The number of nitrogens with zero attached hydrogens (tertiary/aromatic N) is 2. The minimum atomic E-state index is -0.255. The van der Waals surface area contributed by atoms with Crippen LogP contribution < -0.4 is 5.32 Å². The third-order valence-electron chi connectivity index (χ3n) is 5.04. The van der Waals surface area contributed by atoms with Crippen LogP contribution in [0, 0.1) is 0 Å². The molecule has 0 amide bonds. The van der Waals surface area contributed by atoms with E-state index in [-0.39, 0.29) is 6.10 Å². The van der Waals surface area contributed by atoms with Gasteiger partial charge in [-0.15, -0.1) is 0 Å². The Morgan fingerprint density at radius 2 is 2.00 bits per heavy atom. The molecule has 116 valence electrons. The van der Waals surface area contributed by atoms with Crippen LogP contribution in [-0.2, 0) is 4.74 Å². The molecule has 3 rings (SSSR count). The van der Waals surface area contributed by atoms with Crippen molar-refractivity contribution in [3.05, 3.63) is 0 Å². The molecule has 3 fully saturated rings. The zero-order chi connectivity index (χ0) is 13.8. The largest absolute Gasteiger partial charge is 0.390 e.